The molecule has 0 atom stereocenters. The zero-order chi connectivity index (χ0) is 9.10. The molecule has 1 aliphatic rings. The summed E-state index contributed by atoms with van der Waals surface area (Å²) in [5, 5.41) is 9.56. The fraction of sp³-hybridized carbons (Fsp3) is 0.0909. The minimum atomic E-state index is 0.322. The van der Waals surface area contributed by atoms with Crippen LogP contribution in [0.4, 0.5) is 5.69 Å². The quantitative estimate of drug-likeness (QED) is 0.704. The number of hydrogen-bond acceptors (Lipinski definition) is 2. The first-order valence-electron chi connectivity index (χ1n) is 4.26. The van der Waals surface area contributed by atoms with Gasteiger partial charge in [0.15, 0.2) is 0 Å². The van der Waals surface area contributed by atoms with Crippen molar-refractivity contribution in [3.05, 3.63) is 48.7 Å². The summed E-state index contributed by atoms with van der Waals surface area (Å²) in [6.45, 7) is 0.814. The smallest absolute Gasteiger partial charge is 0.139 e. The summed E-state index contributed by atoms with van der Waals surface area (Å²) in [5.41, 5.74) is 0.850. The SMILES string of the molecule is Oc1ccccc1N1C=CC=CC1. The number of rotatable bonds is 1. The van der Waals surface area contributed by atoms with Crippen LogP contribution in [0.3, 0.4) is 0 Å². The second-order valence-electron chi connectivity index (χ2n) is 2.91. The first-order chi connectivity index (χ1) is 6.38. The Hall–Kier alpha value is -1.70. The number of para-hydroxylation sites is 2. The van der Waals surface area contributed by atoms with E-state index in [0.717, 1.165) is 12.2 Å². The van der Waals surface area contributed by atoms with Crippen LogP contribution in [0, 0.1) is 0 Å². The van der Waals surface area contributed by atoms with Crippen LogP contribution < -0.4 is 4.90 Å². The predicted molar refractivity (Wildman–Crippen MR) is 53.7 cm³/mol. The fourth-order valence-corrected chi connectivity index (χ4v) is 1.35. The second kappa shape index (κ2) is 3.35. The molecule has 0 saturated carbocycles. The lowest BCUT2D eigenvalue weighted by atomic mass is 10.2. The average Bonchev–Trinajstić information content (AvgIpc) is 2.20. The molecule has 1 aromatic carbocycles. The molecule has 13 heavy (non-hydrogen) atoms. The van der Waals surface area contributed by atoms with Crippen LogP contribution in [0.15, 0.2) is 48.7 Å². The first-order valence-corrected chi connectivity index (χ1v) is 4.26. The van der Waals surface area contributed by atoms with Crippen molar-refractivity contribution in [1.29, 1.82) is 0 Å². The Morgan fingerprint density at radius 1 is 1.15 bits per heavy atom. The van der Waals surface area contributed by atoms with Crippen molar-refractivity contribution in [2.75, 3.05) is 11.4 Å². The lowest BCUT2D eigenvalue weighted by molar-refractivity contribution is 0.475. The number of benzene rings is 1. The highest BCUT2D eigenvalue weighted by Crippen LogP contribution is 2.27. The summed E-state index contributed by atoms with van der Waals surface area (Å²) >= 11 is 0. The van der Waals surface area contributed by atoms with Crippen LogP contribution in [0.1, 0.15) is 0 Å². The molecule has 0 amide bonds. The van der Waals surface area contributed by atoms with Crippen LogP contribution in [-0.2, 0) is 0 Å². The standard InChI is InChI=1S/C11H11NO/c13-11-7-3-2-6-10(11)12-8-4-1-5-9-12/h1-8,13H,9H2. The van der Waals surface area contributed by atoms with E-state index in [9.17, 15) is 5.11 Å². The predicted octanol–water partition coefficient (Wildman–Crippen LogP) is 2.28. The number of nitrogens with zero attached hydrogens (tertiary/aromatic N) is 1. The molecule has 0 radical (unpaired) electrons. The van der Waals surface area contributed by atoms with Gasteiger partial charge in [0, 0.05) is 12.7 Å². The van der Waals surface area contributed by atoms with Gasteiger partial charge in [-0.15, -0.1) is 0 Å². The van der Waals surface area contributed by atoms with E-state index in [-0.39, 0.29) is 0 Å². The lowest BCUT2D eigenvalue weighted by Crippen LogP contribution is -2.17. The monoisotopic (exact) mass is 173 g/mol. The fourth-order valence-electron chi connectivity index (χ4n) is 1.35. The van der Waals surface area contributed by atoms with Gasteiger partial charge in [0.2, 0.25) is 0 Å². The van der Waals surface area contributed by atoms with E-state index in [1.807, 2.05) is 47.5 Å². The maximum Gasteiger partial charge on any atom is 0.139 e. The Morgan fingerprint density at radius 3 is 2.69 bits per heavy atom. The molecule has 0 unspecified atom stereocenters. The molecule has 2 rings (SSSR count). The van der Waals surface area contributed by atoms with Crippen molar-refractivity contribution in [2.24, 2.45) is 0 Å². The van der Waals surface area contributed by atoms with Crippen LogP contribution >= 0.6 is 0 Å². The van der Waals surface area contributed by atoms with Crippen molar-refractivity contribution in [2.45, 2.75) is 0 Å². The van der Waals surface area contributed by atoms with Gasteiger partial charge in [-0.3, -0.25) is 0 Å². The molecule has 2 nitrogen and oxygen atoms in total. The van der Waals surface area contributed by atoms with Crippen LogP contribution in [0.2, 0.25) is 0 Å². The third-order valence-electron chi connectivity index (χ3n) is 2.01. The topological polar surface area (TPSA) is 23.5 Å². The van der Waals surface area contributed by atoms with E-state index in [4.69, 9.17) is 0 Å². The van der Waals surface area contributed by atoms with Crippen molar-refractivity contribution >= 4 is 5.69 Å². The van der Waals surface area contributed by atoms with Crippen molar-refractivity contribution in [1.82, 2.24) is 0 Å². The van der Waals surface area contributed by atoms with E-state index >= 15 is 0 Å². The maximum atomic E-state index is 9.56. The Bertz CT molecular complexity index is 355. The summed E-state index contributed by atoms with van der Waals surface area (Å²) in [7, 11) is 0. The van der Waals surface area contributed by atoms with E-state index in [1.54, 1.807) is 6.07 Å². The van der Waals surface area contributed by atoms with Gasteiger partial charge in [-0.2, -0.15) is 0 Å². The number of anilines is 1. The number of phenolic OH excluding ortho intramolecular Hbond substituents is 1. The van der Waals surface area contributed by atoms with Crippen molar-refractivity contribution in [3.63, 3.8) is 0 Å². The molecule has 1 aliphatic heterocycles. The van der Waals surface area contributed by atoms with Crippen LogP contribution in [0.5, 0.6) is 5.75 Å². The van der Waals surface area contributed by atoms with Gasteiger partial charge in [-0.25, -0.2) is 0 Å². The Labute approximate surface area is 77.4 Å². The van der Waals surface area contributed by atoms with Crippen LogP contribution in [0.25, 0.3) is 0 Å². The molecule has 1 aromatic rings. The highest BCUT2D eigenvalue weighted by molar-refractivity contribution is 5.60. The van der Waals surface area contributed by atoms with Gasteiger partial charge in [0.1, 0.15) is 5.75 Å². The van der Waals surface area contributed by atoms with Gasteiger partial charge < -0.3 is 10.0 Å². The summed E-state index contributed by atoms with van der Waals surface area (Å²) in [6.07, 6.45) is 7.95. The summed E-state index contributed by atoms with van der Waals surface area (Å²) in [6, 6.07) is 7.34. The molecular formula is C11H11NO. The van der Waals surface area contributed by atoms with E-state index in [1.165, 1.54) is 0 Å². The molecule has 1 N–H and O–H groups in total. The Morgan fingerprint density at radius 2 is 2.00 bits per heavy atom. The average molecular weight is 173 g/mol. The van der Waals surface area contributed by atoms with E-state index < -0.39 is 0 Å². The highest BCUT2D eigenvalue weighted by Gasteiger charge is 2.06. The van der Waals surface area contributed by atoms with Crippen molar-refractivity contribution < 1.29 is 5.11 Å². The molecule has 0 saturated heterocycles. The lowest BCUT2D eigenvalue weighted by Gasteiger charge is -2.21. The Kier molecular flexibility index (Phi) is 2.04. The van der Waals surface area contributed by atoms with E-state index in [0.29, 0.717) is 5.75 Å². The highest BCUT2D eigenvalue weighted by atomic mass is 16.3. The largest absolute Gasteiger partial charge is 0.506 e. The number of hydrogen-bond donors (Lipinski definition) is 1. The Balaban J connectivity index is 2.30. The summed E-state index contributed by atoms with van der Waals surface area (Å²) in [5.74, 6) is 0.322. The number of phenols is 1. The summed E-state index contributed by atoms with van der Waals surface area (Å²) in [4.78, 5) is 2.00. The van der Waals surface area contributed by atoms with Crippen molar-refractivity contribution in [3.8, 4) is 5.75 Å². The second-order valence-corrected chi connectivity index (χ2v) is 2.91. The molecule has 0 spiro atoms. The molecule has 1 heterocycles. The zero-order valence-electron chi connectivity index (χ0n) is 7.22. The maximum absolute atomic E-state index is 9.56. The number of allylic oxidation sites excluding steroid dienone is 2. The molecule has 0 bridgehead atoms. The van der Waals surface area contributed by atoms with Gasteiger partial charge >= 0.3 is 0 Å². The molecule has 0 aliphatic carbocycles. The molecular weight excluding hydrogens is 162 g/mol. The van der Waals surface area contributed by atoms with Gasteiger partial charge in [0.25, 0.3) is 0 Å². The third kappa shape index (κ3) is 1.56. The minimum Gasteiger partial charge on any atom is -0.506 e. The third-order valence-corrected chi connectivity index (χ3v) is 2.01. The number of aromatic hydroxyl groups is 1. The molecule has 0 aromatic heterocycles. The summed E-state index contributed by atoms with van der Waals surface area (Å²) < 4.78 is 0. The van der Waals surface area contributed by atoms with Gasteiger partial charge in [-0.1, -0.05) is 24.3 Å². The van der Waals surface area contributed by atoms with E-state index in [2.05, 4.69) is 0 Å². The molecule has 2 heteroatoms. The zero-order valence-corrected chi connectivity index (χ0v) is 7.22. The molecule has 66 valence electrons. The minimum absolute atomic E-state index is 0.322. The van der Waals surface area contributed by atoms with Gasteiger partial charge in [-0.05, 0) is 18.2 Å². The van der Waals surface area contributed by atoms with Gasteiger partial charge in [0.05, 0.1) is 5.69 Å². The van der Waals surface area contributed by atoms with Crippen LogP contribution in [-0.4, -0.2) is 11.7 Å². The normalized spacial score (nSPS) is 14.9. The first kappa shape index (κ1) is 7.92. The molecule has 0 fully saturated rings.